The summed E-state index contributed by atoms with van der Waals surface area (Å²) >= 11 is 0. The maximum absolute atomic E-state index is 13.9. The number of amides is 1. The molecule has 1 heterocycles. The summed E-state index contributed by atoms with van der Waals surface area (Å²) in [5.74, 6) is -2.24. The van der Waals surface area contributed by atoms with Crippen molar-refractivity contribution in [3.8, 4) is 11.3 Å². The number of rotatable bonds is 5. The molecule has 0 aliphatic carbocycles. The van der Waals surface area contributed by atoms with Crippen LogP contribution >= 0.6 is 0 Å². The Hall–Kier alpha value is -3.35. The first-order valence-electron chi connectivity index (χ1n) is 9.23. The molecule has 2 aromatic carbocycles. The van der Waals surface area contributed by atoms with Crippen LogP contribution in [0.4, 0.5) is 14.5 Å². The van der Waals surface area contributed by atoms with Crippen molar-refractivity contribution in [3.05, 3.63) is 81.6 Å². The fourth-order valence-electron chi connectivity index (χ4n) is 3.08. The van der Waals surface area contributed by atoms with E-state index in [0.29, 0.717) is 11.8 Å². The second kappa shape index (κ2) is 8.34. The summed E-state index contributed by atoms with van der Waals surface area (Å²) in [7, 11) is 0. The Morgan fingerprint density at radius 1 is 1.10 bits per heavy atom. The van der Waals surface area contributed by atoms with Crippen molar-refractivity contribution in [1.29, 1.82) is 0 Å². The summed E-state index contributed by atoms with van der Waals surface area (Å²) in [5.41, 5.74) is 2.85. The number of aryl methyl sites for hydroxylation is 2. The van der Waals surface area contributed by atoms with Gasteiger partial charge in [-0.3, -0.25) is 9.59 Å². The molecule has 5 nitrogen and oxygen atoms in total. The molecule has 1 N–H and O–H groups in total. The van der Waals surface area contributed by atoms with Gasteiger partial charge in [0.25, 0.3) is 5.56 Å². The van der Waals surface area contributed by atoms with Crippen molar-refractivity contribution in [3.63, 3.8) is 0 Å². The summed E-state index contributed by atoms with van der Waals surface area (Å²) in [6.07, 6.45) is 0.262. The van der Waals surface area contributed by atoms with Crippen LogP contribution < -0.4 is 10.9 Å². The summed E-state index contributed by atoms with van der Waals surface area (Å²) in [4.78, 5) is 25.2. The van der Waals surface area contributed by atoms with Gasteiger partial charge in [-0.25, -0.2) is 13.5 Å². The molecule has 150 valence electrons. The van der Waals surface area contributed by atoms with E-state index in [1.807, 2.05) is 32.0 Å². The normalized spacial score (nSPS) is 11.9. The highest BCUT2D eigenvalue weighted by atomic mass is 19.1. The maximum Gasteiger partial charge on any atom is 0.267 e. The minimum atomic E-state index is -0.947. The largest absolute Gasteiger partial charge is 0.322 e. The van der Waals surface area contributed by atoms with Gasteiger partial charge in [0.2, 0.25) is 5.91 Å². The second-order valence-electron chi connectivity index (χ2n) is 6.86. The van der Waals surface area contributed by atoms with Gasteiger partial charge >= 0.3 is 0 Å². The van der Waals surface area contributed by atoms with Crippen molar-refractivity contribution < 1.29 is 13.6 Å². The van der Waals surface area contributed by atoms with Crippen molar-refractivity contribution in [2.45, 2.75) is 33.2 Å². The van der Waals surface area contributed by atoms with Gasteiger partial charge in [0.1, 0.15) is 17.7 Å². The van der Waals surface area contributed by atoms with Crippen LogP contribution in [0.3, 0.4) is 0 Å². The highest BCUT2D eigenvalue weighted by molar-refractivity contribution is 5.93. The third-order valence-corrected chi connectivity index (χ3v) is 4.67. The van der Waals surface area contributed by atoms with E-state index in [1.165, 1.54) is 6.07 Å². The molecule has 0 saturated carbocycles. The smallest absolute Gasteiger partial charge is 0.267 e. The van der Waals surface area contributed by atoms with Gasteiger partial charge in [0, 0.05) is 17.7 Å². The van der Waals surface area contributed by atoms with Gasteiger partial charge < -0.3 is 5.32 Å². The number of hydrogen-bond acceptors (Lipinski definition) is 3. The van der Waals surface area contributed by atoms with Crippen LogP contribution in [0.15, 0.2) is 53.3 Å². The van der Waals surface area contributed by atoms with E-state index in [4.69, 9.17) is 0 Å². The fraction of sp³-hybridized carbons (Fsp3) is 0.227. The lowest BCUT2D eigenvalue weighted by molar-refractivity contribution is -0.119. The Labute approximate surface area is 167 Å². The van der Waals surface area contributed by atoms with Crippen LogP contribution in [0.2, 0.25) is 0 Å². The molecule has 29 heavy (non-hydrogen) atoms. The topological polar surface area (TPSA) is 64.0 Å². The molecule has 1 amide bonds. The third-order valence-electron chi connectivity index (χ3n) is 4.67. The molecular formula is C22H21F2N3O2. The first-order valence-corrected chi connectivity index (χ1v) is 9.23. The quantitative estimate of drug-likeness (QED) is 0.694. The minimum Gasteiger partial charge on any atom is -0.322 e. The molecule has 0 radical (unpaired) electrons. The second-order valence-corrected chi connectivity index (χ2v) is 6.86. The lowest BCUT2D eigenvalue weighted by Gasteiger charge is -2.18. The minimum absolute atomic E-state index is 0.159. The van der Waals surface area contributed by atoms with Crippen molar-refractivity contribution in [2.75, 3.05) is 5.32 Å². The Balaban J connectivity index is 1.97. The first-order chi connectivity index (χ1) is 13.8. The van der Waals surface area contributed by atoms with E-state index < -0.39 is 29.1 Å². The standard InChI is InChI=1S/C22H21F2N3O2/c1-4-20(22(29)25-19-8-7-15(23)12-17(19)24)27-21(28)10-9-18(26-27)16-11-13(2)5-6-14(16)3/h5-12,20H,4H2,1-3H3,(H,25,29)/t20-/m0/s1. The maximum atomic E-state index is 13.9. The fourth-order valence-corrected chi connectivity index (χ4v) is 3.08. The van der Waals surface area contributed by atoms with E-state index >= 15 is 0 Å². The Kier molecular flexibility index (Phi) is 5.87. The van der Waals surface area contributed by atoms with Gasteiger partial charge in [0.05, 0.1) is 11.4 Å². The average Bonchev–Trinajstić information content (AvgIpc) is 2.68. The molecule has 7 heteroatoms. The van der Waals surface area contributed by atoms with Gasteiger partial charge in [-0.2, -0.15) is 5.10 Å². The van der Waals surface area contributed by atoms with Crippen molar-refractivity contribution in [2.24, 2.45) is 0 Å². The number of hydrogen-bond donors (Lipinski definition) is 1. The van der Waals surface area contributed by atoms with E-state index in [0.717, 1.165) is 33.5 Å². The van der Waals surface area contributed by atoms with Gasteiger partial charge in [0.15, 0.2) is 0 Å². The summed E-state index contributed by atoms with van der Waals surface area (Å²) in [5, 5.41) is 6.82. The van der Waals surface area contributed by atoms with Gasteiger partial charge in [-0.05, 0) is 50.1 Å². The van der Waals surface area contributed by atoms with Crippen LogP contribution in [0.1, 0.15) is 30.5 Å². The first kappa shape index (κ1) is 20.4. The van der Waals surface area contributed by atoms with Crippen LogP contribution in [-0.4, -0.2) is 15.7 Å². The molecule has 1 atom stereocenters. The Morgan fingerprint density at radius 3 is 2.55 bits per heavy atom. The molecule has 0 fully saturated rings. The number of halogens is 2. The molecule has 3 aromatic rings. The van der Waals surface area contributed by atoms with Crippen molar-refractivity contribution in [1.82, 2.24) is 9.78 Å². The predicted octanol–water partition coefficient (Wildman–Crippen LogP) is 4.40. The highest BCUT2D eigenvalue weighted by Crippen LogP contribution is 2.23. The van der Waals surface area contributed by atoms with Gasteiger partial charge in [-0.15, -0.1) is 0 Å². The average molecular weight is 397 g/mol. The molecule has 0 bridgehead atoms. The molecule has 0 saturated heterocycles. The molecule has 0 aliphatic heterocycles. The van der Waals surface area contributed by atoms with Crippen molar-refractivity contribution >= 4 is 11.6 Å². The number of nitrogens with one attached hydrogen (secondary N) is 1. The van der Waals surface area contributed by atoms with Crippen LogP contribution in [0.25, 0.3) is 11.3 Å². The predicted molar refractivity (Wildman–Crippen MR) is 108 cm³/mol. The molecule has 1 aromatic heterocycles. The van der Waals surface area contributed by atoms with Crippen LogP contribution in [-0.2, 0) is 4.79 Å². The summed E-state index contributed by atoms with van der Waals surface area (Å²) in [6.45, 7) is 5.62. The molecule has 3 rings (SSSR count). The number of carbonyl (C=O) groups excluding carboxylic acids is 1. The molecule has 0 aliphatic rings. The Morgan fingerprint density at radius 2 is 1.86 bits per heavy atom. The number of anilines is 1. The Bertz CT molecular complexity index is 1130. The highest BCUT2D eigenvalue weighted by Gasteiger charge is 2.23. The number of aromatic nitrogens is 2. The zero-order valence-corrected chi connectivity index (χ0v) is 16.4. The number of benzene rings is 2. The van der Waals surface area contributed by atoms with E-state index in [2.05, 4.69) is 10.4 Å². The van der Waals surface area contributed by atoms with Gasteiger partial charge in [-0.1, -0.05) is 24.6 Å². The number of carbonyl (C=O) groups is 1. The van der Waals surface area contributed by atoms with E-state index in [1.54, 1.807) is 13.0 Å². The monoisotopic (exact) mass is 397 g/mol. The molecular weight excluding hydrogens is 376 g/mol. The SMILES string of the molecule is CC[C@@H](C(=O)Nc1ccc(F)cc1F)n1nc(-c2cc(C)ccc2C)ccc1=O. The lowest BCUT2D eigenvalue weighted by Crippen LogP contribution is -2.34. The van der Waals surface area contributed by atoms with Crippen LogP contribution in [0.5, 0.6) is 0 Å². The summed E-state index contributed by atoms with van der Waals surface area (Å²) < 4.78 is 28.1. The lowest BCUT2D eigenvalue weighted by atomic mass is 10.0. The van der Waals surface area contributed by atoms with E-state index in [-0.39, 0.29) is 12.1 Å². The van der Waals surface area contributed by atoms with E-state index in [9.17, 15) is 18.4 Å². The molecule has 0 spiro atoms. The van der Waals surface area contributed by atoms with Crippen LogP contribution in [0, 0.1) is 25.5 Å². The zero-order chi connectivity index (χ0) is 21.1. The summed E-state index contributed by atoms with van der Waals surface area (Å²) in [6, 6.07) is 10.8. The third kappa shape index (κ3) is 4.39. The molecule has 0 unspecified atom stereocenters. The zero-order valence-electron chi connectivity index (χ0n) is 16.4. The number of nitrogens with zero attached hydrogens (tertiary/aromatic N) is 2.